The molecule has 1 aromatic heterocycles. The normalized spacial score (nSPS) is 26.7. The predicted octanol–water partition coefficient (Wildman–Crippen LogP) is 2.02. The Kier molecular flexibility index (Phi) is 3.56. The van der Waals surface area contributed by atoms with Gasteiger partial charge in [0.2, 0.25) is 11.1 Å². The van der Waals surface area contributed by atoms with Crippen molar-refractivity contribution in [2.75, 3.05) is 6.61 Å². The Morgan fingerprint density at radius 1 is 1.39 bits per heavy atom. The predicted molar refractivity (Wildman–Crippen MR) is 83.2 cm³/mol. The number of rotatable bonds is 2. The number of nitrogens with zero attached hydrogens (tertiary/aromatic N) is 4. The number of carbonyl (C=O) groups excluding carboxylic acids is 1. The molecule has 2 fully saturated rings. The van der Waals surface area contributed by atoms with E-state index < -0.39 is 6.29 Å². The van der Waals surface area contributed by atoms with E-state index in [4.69, 9.17) is 33.3 Å². The molecule has 2 aliphatic rings. The number of benzene rings is 1. The number of ether oxygens (including phenoxy) is 2. The molecule has 120 valence electrons. The first-order chi connectivity index (χ1) is 11.0. The molecule has 2 saturated heterocycles. The van der Waals surface area contributed by atoms with Crippen LogP contribution in [0.2, 0.25) is 5.02 Å². The van der Waals surface area contributed by atoms with Crippen molar-refractivity contribution in [3.8, 4) is 5.69 Å². The number of tetrazole rings is 1. The van der Waals surface area contributed by atoms with Crippen LogP contribution in [-0.4, -0.2) is 44.6 Å². The van der Waals surface area contributed by atoms with Gasteiger partial charge in [0, 0.05) is 11.4 Å². The smallest absolute Gasteiger partial charge is 0.221 e. The Morgan fingerprint density at radius 3 is 3.00 bits per heavy atom. The summed E-state index contributed by atoms with van der Waals surface area (Å²) in [6.45, 7) is 2.27. The summed E-state index contributed by atoms with van der Waals surface area (Å²) in [4.78, 5) is 11.9. The van der Waals surface area contributed by atoms with Gasteiger partial charge in [-0.05, 0) is 47.3 Å². The first kappa shape index (κ1) is 14.9. The fourth-order valence-electron chi connectivity index (χ4n) is 2.81. The van der Waals surface area contributed by atoms with Crippen LogP contribution in [-0.2, 0) is 14.3 Å². The van der Waals surface area contributed by atoms with Gasteiger partial charge in [-0.15, -0.1) is 0 Å². The highest BCUT2D eigenvalue weighted by Gasteiger charge is 2.45. The lowest BCUT2D eigenvalue weighted by molar-refractivity contribution is -0.156. The summed E-state index contributed by atoms with van der Waals surface area (Å²) in [6, 6.07) is 5.24. The molecule has 2 bridgehead atoms. The maximum absolute atomic E-state index is 11.9. The third-order valence-corrected chi connectivity index (χ3v) is 4.90. The maximum Gasteiger partial charge on any atom is 0.221 e. The van der Waals surface area contributed by atoms with E-state index in [1.54, 1.807) is 10.7 Å². The number of halogens is 1. The first-order valence-corrected chi connectivity index (χ1v) is 7.94. The zero-order valence-electron chi connectivity index (χ0n) is 12.2. The molecule has 0 N–H and O–H groups in total. The van der Waals surface area contributed by atoms with E-state index >= 15 is 0 Å². The molecule has 0 unspecified atom stereocenters. The van der Waals surface area contributed by atoms with Gasteiger partial charge in [0.05, 0.1) is 18.3 Å². The van der Waals surface area contributed by atoms with Crippen LogP contribution in [0.25, 0.3) is 5.69 Å². The minimum Gasteiger partial charge on any atom is -0.343 e. The molecule has 7 nitrogen and oxygen atoms in total. The van der Waals surface area contributed by atoms with Crippen molar-refractivity contribution in [1.82, 2.24) is 19.8 Å². The van der Waals surface area contributed by atoms with E-state index in [0.717, 1.165) is 11.3 Å². The van der Waals surface area contributed by atoms with Crippen LogP contribution in [0.5, 0.6) is 0 Å². The van der Waals surface area contributed by atoms with Crippen molar-refractivity contribution < 1.29 is 14.3 Å². The Labute approximate surface area is 141 Å². The van der Waals surface area contributed by atoms with E-state index in [9.17, 15) is 4.79 Å². The van der Waals surface area contributed by atoms with Gasteiger partial charge in [0.1, 0.15) is 6.10 Å². The number of aryl methyl sites for hydroxylation is 1. The highest BCUT2D eigenvalue weighted by atomic mass is 35.5. The Balaban J connectivity index is 1.72. The van der Waals surface area contributed by atoms with Gasteiger partial charge in [-0.1, -0.05) is 17.7 Å². The van der Waals surface area contributed by atoms with Gasteiger partial charge < -0.3 is 9.47 Å². The number of fused-ring (bicyclic) bond motifs is 2. The largest absolute Gasteiger partial charge is 0.343 e. The maximum atomic E-state index is 11.9. The first-order valence-electron chi connectivity index (χ1n) is 7.15. The highest BCUT2D eigenvalue weighted by molar-refractivity contribution is 7.71. The van der Waals surface area contributed by atoms with Gasteiger partial charge in [-0.2, -0.15) is 4.68 Å². The fourth-order valence-corrected chi connectivity index (χ4v) is 3.30. The van der Waals surface area contributed by atoms with Crippen molar-refractivity contribution in [3.63, 3.8) is 0 Å². The zero-order valence-corrected chi connectivity index (χ0v) is 13.8. The summed E-state index contributed by atoms with van der Waals surface area (Å²) in [5, 5.41) is 8.84. The highest BCUT2D eigenvalue weighted by Crippen LogP contribution is 2.32. The molecule has 0 aliphatic carbocycles. The standard InChI is InChI=1S/C14H13ClN4O3S/c1-7-2-3-8(4-9(7)15)18-14(23)19(17-16-18)10-5-11(20)13-21-6-12(10)22-13/h2-4,10,12-13H,5-6H2,1H3/t10-,12-,13-/m0/s1. The topological polar surface area (TPSA) is 71.2 Å². The van der Waals surface area contributed by atoms with E-state index in [0.29, 0.717) is 16.4 Å². The van der Waals surface area contributed by atoms with E-state index in [-0.39, 0.29) is 24.3 Å². The van der Waals surface area contributed by atoms with Crippen LogP contribution in [0.4, 0.5) is 0 Å². The number of hydrogen-bond donors (Lipinski definition) is 0. The van der Waals surface area contributed by atoms with Crippen LogP contribution in [0.1, 0.15) is 18.0 Å². The number of hydrogen-bond acceptors (Lipinski definition) is 6. The van der Waals surface area contributed by atoms with E-state index in [1.807, 2.05) is 19.1 Å². The van der Waals surface area contributed by atoms with Gasteiger partial charge in [0.25, 0.3) is 0 Å². The lowest BCUT2D eigenvalue weighted by Crippen LogP contribution is -2.37. The van der Waals surface area contributed by atoms with Crippen molar-refractivity contribution >= 4 is 29.6 Å². The van der Waals surface area contributed by atoms with Gasteiger partial charge in [-0.3, -0.25) is 4.79 Å². The summed E-state index contributed by atoms with van der Waals surface area (Å²) >= 11 is 11.6. The van der Waals surface area contributed by atoms with Gasteiger partial charge >= 0.3 is 0 Å². The molecule has 2 aliphatic heterocycles. The second-order valence-corrected chi connectivity index (χ2v) is 6.40. The summed E-state index contributed by atoms with van der Waals surface area (Å²) in [6.07, 6.45) is -0.704. The second-order valence-electron chi connectivity index (χ2n) is 5.63. The third kappa shape index (κ3) is 2.42. The molecule has 9 heteroatoms. The molecule has 3 atom stereocenters. The Bertz CT molecular complexity index is 849. The molecule has 0 saturated carbocycles. The zero-order chi connectivity index (χ0) is 16.1. The van der Waals surface area contributed by atoms with Crippen molar-refractivity contribution in [2.45, 2.75) is 31.8 Å². The van der Waals surface area contributed by atoms with Crippen LogP contribution >= 0.6 is 23.8 Å². The molecule has 2 aromatic rings. The van der Waals surface area contributed by atoms with Gasteiger partial charge in [-0.25, -0.2) is 4.68 Å². The van der Waals surface area contributed by atoms with Crippen LogP contribution in [0, 0.1) is 11.7 Å². The SMILES string of the molecule is Cc1ccc(-n2nnn([C@H]3CC(=O)[C@H]4OC[C@@H]3O4)c2=S)cc1Cl. The summed E-state index contributed by atoms with van der Waals surface area (Å²) in [7, 11) is 0. The molecule has 0 amide bonds. The Hall–Kier alpha value is -1.61. The minimum atomic E-state index is -0.739. The number of aromatic nitrogens is 4. The van der Waals surface area contributed by atoms with Crippen molar-refractivity contribution in [3.05, 3.63) is 33.6 Å². The molecular formula is C14H13ClN4O3S. The average molecular weight is 353 g/mol. The van der Waals surface area contributed by atoms with Crippen molar-refractivity contribution in [1.29, 1.82) is 0 Å². The third-order valence-electron chi connectivity index (χ3n) is 4.13. The average Bonchev–Trinajstić information content (AvgIpc) is 3.12. The molecule has 3 heterocycles. The minimum absolute atomic E-state index is 0.0985. The number of carbonyl (C=O) groups is 1. The molecule has 1 aromatic carbocycles. The van der Waals surface area contributed by atoms with E-state index in [2.05, 4.69) is 10.4 Å². The van der Waals surface area contributed by atoms with E-state index in [1.165, 1.54) is 4.68 Å². The molecule has 0 spiro atoms. The monoisotopic (exact) mass is 352 g/mol. The van der Waals surface area contributed by atoms with Gasteiger partial charge in [0.15, 0.2) is 5.78 Å². The summed E-state index contributed by atoms with van der Waals surface area (Å²) in [5.74, 6) is -0.0985. The van der Waals surface area contributed by atoms with Crippen LogP contribution in [0.15, 0.2) is 18.2 Å². The summed E-state index contributed by atoms with van der Waals surface area (Å²) in [5.41, 5.74) is 1.69. The van der Waals surface area contributed by atoms with Crippen molar-refractivity contribution in [2.24, 2.45) is 0 Å². The fraction of sp³-hybridized carbons (Fsp3) is 0.429. The molecule has 4 rings (SSSR count). The lowest BCUT2D eigenvalue weighted by Gasteiger charge is -2.25. The Morgan fingerprint density at radius 2 is 2.22 bits per heavy atom. The molecule has 0 radical (unpaired) electrons. The quantitative estimate of drug-likeness (QED) is 0.770. The van der Waals surface area contributed by atoms with Crippen LogP contribution in [0.3, 0.4) is 0 Å². The number of ketones is 1. The second kappa shape index (κ2) is 5.48. The molecular weight excluding hydrogens is 340 g/mol. The molecule has 23 heavy (non-hydrogen) atoms. The lowest BCUT2D eigenvalue weighted by atomic mass is 10.0. The number of Topliss-reactive ketones (excluding diaryl/α,β-unsaturated/α-hetero) is 1. The summed E-state index contributed by atoms with van der Waals surface area (Å²) < 4.78 is 14.3. The van der Waals surface area contributed by atoms with Crippen LogP contribution < -0.4 is 0 Å².